The zero-order valence-electron chi connectivity index (χ0n) is 48.7. The van der Waals surface area contributed by atoms with Crippen LogP contribution in [0, 0.1) is 0 Å². The average molecular weight is 1080 g/mol. The third-order valence-electron chi connectivity index (χ3n) is 14.4. The smallest absolute Gasteiger partial charge is 0.248 e. The molecule has 0 radical (unpaired) electrons. The van der Waals surface area contributed by atoms with E-state index < -0.39 is 0 Å². The second kappa shape index (κ2) is 35.6. The Labute approximate surface area is 478 Å². The topological polar surface area (TPSA) is 115 Å². The summed E-state index contributed by atoms with van der Waals surface area (Å²) in [5.41, 5.74) is 7.47. The summed E-state index contributed by atoms with van der Waals surface area (Å²) < 4.78 is 37.5. The molecule has 0 unspecified atom stereocenters. The van der Waals surface area contributed by atoms with Crippen molar-refractivity contribution in [1.82, 2.24) is 20.4 Å². The van der Waals surface area contributed by atoms with Gasteiger partial charge in [-0.1, -0.05) is 217 Å². The van der Waals surface area contributed by atoms with Gasteiger partial charge in [0.05, 0.1) is 26.4 Å². The van der Waals surface area contributed by atoms with Crippen LogP contribution < -0.4 is 18.9 Å². The highest BCUT2D eigenvalue weighted by Crippen LogP contribution is 2.33. The van der Waals surface area contributed by atoms with Crippen LogP contribution in [0.2, 0.25) is 0 Å². The molecule has 0 bridgehead atoms. The van der Waals surface area contributed by atoms with Crippen molar-refractivity contribution in [2.75, 3.05) is 26.4 Å². The summed E-state index contributed by atoms with van der Waals surface area (Å²) in [6.45, 7) is 11.8. The van der Waals surface area contributed by atoms with Crippen molar-refractivity contribution < 1.29 is 27.8 Å². The summed E-state index contributed by atoms with van der Waals surface area (Å²) in [4.78, 5) is 0. The van der Waals surface area contributed by atoms with E-state index in [1.807, 2.05) is 48.5 Å². The third-order valence-corrected chi connectivity index (χ3v) is 14.4. The molecule has 80 heavy (non-hydrogen) atoms. The first-order valence-corrected chi connectivity index (χ1v) is 30.7. The lowest BCUT2D eigenvalue weighted by Gasteiger charge is -2.14. The molecule has 0 atom stereocenters. The summed E-state index contributed by atoms with van der Waals surface area (Å²) in [6.07, 6.45) is 37.9. The largest absolute Gasteiger partial charge is 0.490 e. The Bertz CT molecular complexity index is 2650. The number of unbranched alkanes of at least 4 members (excludes halogenated alkanes) is 20. The van der Waals surface area contributed by atoms with Gasteiger partial charge in [0, 0.05) is 22.3 Å². The molecular formula is C70H90N4O6. The quantitative estimate of drug-likeness (QED) is 0.0272. The van der Waals surface area contributed by atoms with Gasteiger partial charge in [-0.25, -0.2) is 0 Å². The van der Waals surface area contributed by atoms with E-state index in [1.165, 1.54) is 128 Å². The standard InChI is InChI=1S/C70H90N4O6/c1-5-9-13-17-21-25-49-75-63-47-37-57(53-65(63)77-51-27-23-19-15-11-7-3)31-29-55-33-39-59(40-34-55)67-71-73-69(79-67)61-43-45-62(46-44-61)70-74-72-68(80-70)60-41-35-56(36-42-60)30-32-58-38-48-64(76-50-26-22-18-14-10-6-2)66(54-58)78-52-28-24-20-16-12-8-4/h29-48,53-54H,5-28,49-52H2,1-4H3/b31-29+,32-30+. The molecule has 0 aliphatic carbocycles. The van der Waals surface area contributed by atoms with Crippen molar-refractivity contribution >= 4 is 24.3 Å². The summed E-state index contributed by atoms with van der Waals surface area (Å²) >= 11 is 0. The minimum Gasteiger partial charge on any atom is -0.490 e. The van der Waals surface area contributed by atoms with E-state index in [2.05, 4.69) is 133 Å². The van der Waals surface area contributed by atoms with Gasteiger partial charge in [-0.3, -0.25) is 0 Å². The summed E-state index contributed by atoms with van der Waals surface area (Å²) in [7, 11) is 0. The van der Waals surface area contributed by atoms with Crippen molar-refractivity contribution in [1.29, 1.82) is 0 Å². The molecule has 0 fully saturated rings. The molecule has 2 heterocycles. The van der Waals surface area contributed by atoms with E-state index in [1.54, 1.807) is 0 Å². The molecule has 0 spiro atoms. The Morgan fingerprint density at radius 1 is 0.275 bits per heavy atom. The highest BCUT2D eigenvalue weighted by atomic mass is 16.5. The molecule has 7 aromatic rings. The molecule has 0 aliphatic rings. The van der Waals surface area contributed by atoms with Crippen LogP contribution in [0.3, 0.4) is 0 Å². The Morgan fingerprint density at radius 3 is 0.812 bits per heavy atom. The van der Waals surface area contributed by atoms with Crippen LogP contribution in [0.5, 0.6) is 23.0 Å². The van der Waals surface area contributed by atoms with Gasteiger partial charge in [0.15, 0.2) is 23.0 Å². The fourth-order valence-electron chi connectivity index (χ4n) is 9.51. The maximum Gasteiger partial charge on any atom is 0.248 e. The molecular weight excluding hydrogens is 993 g/mol. The van der Waals surface area contributed by atoms with Crippen molar-refractivity contribution in [3.05, 3.63) is 131 Å². The molecule has 0 aliphatic heterocycles. The van der Waals surface area contributed by atoms with Gasteiger partial charge < -0.3 is 27.8 Å². The van der Waals surface area contributed by atoms with E-state index in [0.29, 0.717) is 50.0 Å². The maximum absolute atomic E-state index is 6.34. The van der Waals surface area contributed by atoms with Gasteiger partial charge in [-0.15, -0.1) is 20.4 Å². The number of aromatic nitrogens is 4. The van der Waals surface area contributed by atoms with Gasteiger partial charge in [-0.05, 0) is 121 Å². The summed E-state index contributed by atoms with van der Waals surface area (Å²) in [5, 5.41) is 17.5. The molecule has 10 heteroatoms. The highest BCUT2D eigenvalue weighted by molar-refractivity contribution is 5.74. The van der Waals surface area contributed by atoms with Gasteiger partial charge in [-0.2, -0.15) is 0 Å². The lowest BCUT2D eigenvalue weighted by Crippen LogP contribution is -2.03. The molecule has 0 N–H and O–H groups in total. The lowest BCUT2D eigenvalue weighted by molar-refractivity contribution is 0.258. The fourth-order valence-corrected chi connectivity index (χ4v) is 9.51. The maximum atomic E-state index is 6.34. The van der Waals surface area contributed by atoms with Crippen molar-refractivity contribution in [3.63, 3.8) is 0 Å². The molecule has 7 rings (SSSR count). The van der Waals surface area contributed by atoms with E-state index in [0.717, 1.165) is 93.2 Å². The van der Waals surface area contributed by atoms with Crippen molar-refractivity contribution in [3.8, 4) is 68.8 Å². The molecule has 10 nitrogen and oxygen atoms in total. The van der Waals surface area contributed by atoms with E-state index in [9.17, 15) is 0 Å². The minimum atomic E-state index is 0.423. The lowest BCUT2D eigenvalue weighted by atomic mass is 10.1. The van der Waals surface area contributed by atoms with Gasteiger partial charge in [0.1, 0.15) is 0 Å². The number of hydrogen-bond donors (Lipinski definition) is 0. The normalized spacial score (nSPS) is 11.6. The first-order valence-electron chi connectivity index (χ1n) is 30.7. The van der Waals surface area contributed by atoms with Gasteiger partial charge >= 0.3 is 0 Å². The van der Waals surface area contributed by atoms with Crippen LogP contribution in [0.25, 0.3) is 70.1 Å². The molecule has 0 amide bonds. The molecule has 0 saturated carbocycles. The Morgan fingerprint density at radius 2 is 0.512 bits per heavy atom. The van der Waals surface area contributed by atoms with Crippen LogP contribution in [-0.2, 0) is 0 Å². The average Bonchev–Trinajstić information content (AvgIpc) is 4.22. The molecule has 426 valence electrons. The second-order valence-corrected chi connectivity index (χ2v) is 21.2. The van der Waals surface area contributed by atoms with Gasteiger partial charge in [0.2, 0.25) is 23.6 Å². The van der Waals surface area contributed by atoms with E-state index >= 15 is 0 Å². The van der Waals surface area contributed by atoms with Gasteiger partial charge in [0.25, 0.3) is 0 Å². The summed E-state index contributed by atoms with van der Waals surface area (Å²) in [5.74, 6) is 5.02. The molecule has 2 aromatic heterocycles. The minimum absolute atomic E-state index is 0.423. The Balaban J connectivity index is 0.907. The first kappa shape index (κ1) is 60.7. The zero-order valence-corrected chi connectivity index (χ0v) is 48.7. The summed E-state index contributed by atoms with van der Waals surface area (Å²) in [6, 6.07) is 36.4. The monoisotopic (exact) mass is 1080 g/mol. The predicted molar refractivity (Wildman–Crippen MR) is 330 cm³/mol. The van der Waals surface area contributed by atoms with E-state index in [4.69, 9.17) is 27.8 Å². The number of benzene rings is 5. The molecule has 0 saturated heterocycles. The highest BCUT2D eigenvalue weighted by Gasteiger charge is 2.15. The zero-order chi connectivity index (χ0) is 55.7. The van der Waals surface area contributed by atoms with Crippen molar-refractivity contribution in [2.24, 2.45) is 0 Å². The predicted octanol–water partition coefficient (Wildman–Crippen LogP) is 20.4. The number of ether oxygens (including phenoxy) is 4. The van der Waals surface area contributed by atoms with Crippen LogP contribution in [0.4, 0.5) is 0 Å². The van der Waals surface area contributed by atoms with Crippen LogP contribution >= 0.6 is 0 Å². The second-order valence-electron chi connectivity index (χ2n) is 21.2. The number of nitrogens with zero attached hydrogens (tertiary/aromatic N) is 4. The van der Waals surface area contributed by atoms with Crippen LogP contribution in [0.15, 0.2) is 118 Å². The Hall–Kier alpha value is -6.94. The Kier molecular flexibility index (Phi) is 27.0. The number of rotatable bonds is 40. The SMILES string of the molecule is CCCCCCCCOc1ccc(/C=C/c2ccc(-c3nnc(-c4ccc(-c5nnc(-c6ccc(/C=C/c7ccc(OCCCCCCCC)c(OCCCCCCCC)c7)cc6)o5)cc4)o3)cc2)cc1OCCCCCCCC. The number of hydrogen-bond acceptors (Lipinski definition) is 10. The van der Waals surface area contributed by atoms with Crippen LogP contribution in [-0.4, -0.2) is 46.8 Å². The van der Waals surface area contributed by atoms with Crippen LogP contribution in [0.1, 0.15) is 204 Å². The van der Waals surface area contributed by atoms with Crippen molar-refractivity contribution in [2.45, 2.75) is 182 Å². The van der Waals surface area contributed by atoms with E-state index in [-0.39, 0.29) is 0 Å². The fraction of sp³-hybridized carbons (Fsp3) is 0.457. The third kappa shape index (κ3) is 20.9. The molecule has 5 aromatic carbocycles. The first-order chi connectivity index (χ1) is 39.5.